The van der Waals surface area contributed by atoms with Gasteiger partial charge in [-0.1, -0.05) is 29.7 Å². The van der Waals surface area contributed by atoms with Crippen LogP contribution in [0.15, 0.2) is 60.7 Å². The summed E-state index contributed by atoms with van der Waals surface area (Å²) in [5.41, 5.74) is 8.79. The fourth-order valence-corrected chi connectivity index (χ4v) is 3.17. The number of carbonyl (C=O) groups is 2. The molecule has 0 fully saturated rings. The van der Waals surface area contributed by atoms with Gasteiger partial charge in [0.25, 0.3) is 5.91 Å². The highest BCUT2D eigenvalue weighted by molar-refractivity contribution is 6.29. The van der Waals surface area contributed by atoms with Crippen molar-refractivity contribution in [2.45, 2.75) is 6.92 Å². The van der Waals surface area contributed by atoms with Crippen LogP contribution in [0.1, 0.15) is 37.7 Å². The molecule has 0 aliphatic rings. The Bertz CT molecular complexity index is 1380. The molecule has 0 saturated carbocycles. The molecule has 4 rings (SSSR count). The summed E-state index contributed by atoms with van der Waals surface area (Å²) in [6.07, 6.45) is 0. The molecule has 2 aromatic heterocycles. The molecule has 152 valence electrons. The Kier molecular flexibility index (Phi) is 5.39. The first kappa shape index (κ1) is 20.1. The normalized spacial score (nSPS) is 10.4. The average Bonchev–Trinajstić information content (AvgIpc) is 3.18. The smallest absolute Gasteiger partial charge is 0.255 e. The Morgan fingerprint density at radius 3 is 2.48 bits per heavy atom. The number of nitrogens with two attached hydrogens (primary N) is 1. The van der Waals surface area contributed by atoms with Crippen molar-refractivity contribution in [2.24, 2.45) is 5.73 Å². The number of benzene rings is 2. The van der Waals surface area contributed by atoms with Gasteiger partial charge in [-0.3, -0.25) is 14.0 Å². The summed E-state index contributed by atoms with van der Waals surface area (Å²) in [4.78, 5) is 23.8. The monoisotopic (exact) mass is 429 g/mol. The Morgan fingerprint density at radius 2 is 1.74 bits per heavy atom. The molecule has 2 heterocycles. The lowest BCUT2D eigenvalue weighted by molar-refractivity contribution is 0.0998. The molecule has 0 radical (unpaired) electrons. The standard InChI is InChI=1S/C23H16ClN5O2/c1-14-5-6-17(23(31)26-18-10-7-15(8-11-18)22(25)30)13-16(14)9-12-21-28-27-20-4-2-3-19(24)29(20)21/h2-8,10-11,13H,1H3,(H2,25,30)(H,26,31). The molecule has 0 unspecified atom stereocenters. The molecular formula is C23H16ClN5O2. The van der Waals surface area contributed by atoms with E-state index in [2.05, 4.69) is 27.4 Å². The van der Waals surface area contributed by atoms with E-state index in [1.165, 1.54) is 0 Å². The van der Waals surface area contributed by atoms with Crippen LogP contribution < -0.4 is 11.1 Å². The summed E-state index contributed by atoms with van der Waals surface area (Å²) in [5.74, 6) is 5.61. The molecule has 2 aromatic carbocycles. The zero-order valence-electron chi connectivity index (χ0n) is 16.4. The van der Waals surface area contributed by atoms with Crippen molar-refractivity contribution >= 4 is 34.7 Å². The number of halogens is 1. The number of primary amides is 1. The second kappa shape index (κ2) is 8.30. The molecule has 7 nitrogen and oxygen atoms in total. The zero-order valence-corrected chi connectivity index (χ0v) is 17.1. The van der Waals surface area contributed by atoms with Crippen molar-refractivity contribution in [2.75, 3.05) is 5.32 Å². The lowest BCUT2D eigenvalue weighted by Crippen LogP contribution is -2.13. The number of nitrogens with zero attached hydrogens (tertiary/aromatic N) is 3. The van der Waals surface area contributed by atoms with E-state index in [1.54, 1.807) is 59.0 Å². The van der Waals surface area contributed by atoms with Crippen LogP contribution >= 0.6 is 11.6 Å². The second-order valence-electron chi connectivity index (χ2n) is 6.74. The fourth-order valence-electron chi connectivity index (χ4n) is 2.93. The number of rotatable bonds is 3. The van der Waals surface area contributed by atoms with Crippen molar-refractivity contribution < 1.29 is 9.59 Å². The number of aromatic nitrogens is 3. The van der Waals surface area contributed by atoms with E-state index >= 15 is 0 Å². The van der Waals surface area contributed by atoms with Crippen LogP contribution in [0.4, 0.5) is 5.69 Å². The molecule has 4 aromatic rings. The minimum atomic E-state index is -0.527. The van der Waals surface area contributed by atoms with Gasteiger partial charge in [0, 0.05) is 22.4 Å². The summed E-state index contributed by atoms with van der Waals surface area (Å²) in [6.45, 7) is 1.91. The predicted octanol–water partition coefficient (Wildman–Crippen LogP) is 3.44. The molecule has 0 bridgehead atoms. The highest BCUT2D eigenvalue weighted by Crippen LogP contribution is 2.16. The van der Waals surface area contributed by atoms with Crippen molar-refractivity contribution in [1.29, 1.82) is 0 Å². The average molecular weight is 430 g/mol. The molecule has 0 aliphatic carbocycles. The third-order valence-corrected chi connectivity index (χ3v) is 4.91. The molecule has 2 amide bonds. The first-order valence-corrected chi connectivity index (χ1v) is 9.64. The number of anilines is 1. The van der Waals surface area contributed by atoms with E-state index in [4.69, 9.17) is 17.3 Å². The van der Waals surface area contributed by atoms with Crippen LogP contribution in [0.2, 0.25) is 5.15 Å². The minimum absolute atomic E-state index is 0.300. The minimum Gasteiger partial charge on any atom is -0.366 e. The number of carbonyl (C=O) groups excluding carboxylic acids is 2. The van der Waals surface area contributed by atoms with E-state index in [0.717, 1.165) is 5.56 Å². The molecule has 0 spiro atoms. The van der Waals surface area contributed by atoms with Crippen molar-refractivity contribution in [3.63, 3.8) is 0 Å². The van der Waals surface area contributed by atoms with Gasteiger partial charge in [-0.25, -0.2) is 0 Å². The highest BCUT2D eigenvalue weighted by Gasteiger charge is 2.10. The van der Waals surface area contributed by atoms with Gasteiger partial charge < -0.3 is 11.1 Å². The van der Waals surface area contributed by atoms with Crippen molar-refractivity contribution in [3.05, 3.63) is 93.9 Å². The number of amides is 2. The first-order chi connectivity index (χ1) is 14.9. The van der Waals surface area contributed by atoms with Crippen LogP contribution in [-0.2, 0) is 0 Å². The van der Waals surface area contributed by atoms with Gasteiger partial charge in [-0.05, 0) is 66.9 Å². The summed E-state index contributed by atoms with van der Waals surface area (Å²) in [5, 5.41) is 11.4. The van der Waals surface area contributed by atoms with Gasteiger partial charge in [0.1, 0.15) is 5.15 Å². The van der Waals surface area contributed by atoms with Crippen LogP contribution in [0.25, 0.3) is 5.65 Å². The third-order valence-electron chi connectivity index (χ3n) is 4.62. The third kappa shape index (κ3) is 4.25. The van der Waals surface area contributed by atoms with Gasteiger partial charge in [-0.15, -0.1) is 10.2 Å². The van der Waals surface area contributed by atoms with E-state index in [9.17, 15) is 9.59 Å². The SMILES string of the molecule is Cc1ccc(C(=O)Nc2ccc(C(N)=O)cc2)cc1C#Cc1nnc2cccc(Cl)n12. The molecule has 0 saturated heterocycles. The highest BCUT2D eigenvalue weighted by atomic mass is 35.5. The quantitative estimate of drug-likeness (QED) is 0.384. The molecular weight excluding hydrogens is 414 g/mol. The number of hydrogen-bond acceptors (Lipinski definition) is 4. The van der Waals surface area contributed by atoms with E-state index in [-0.39, 0.29) is 5.91 Å². The van der Waals surface area contributed by atoms with E-state index < -0.39 is 5.91 Å². The van der Waals surface area contributed by atoms with Crippen LogP contribution in [-0.4, -0.2) is 26.4 Å². The Balaban J connectivity index is 1.59. The largest absolute Gasteiger partial charge is 0.366 e. The second-order valence-corrected chi connectivity index (χ2v) is 7.13. The Labute approximate surface area is 182 Å². The maximum Gasteiger partial charge on any atom is 0.255 e. The van der Waals surface area contributed by atoms with E-state index in [0.29, 0.717) is 39.0 Å². The van der Waals surface area contributed by atoms with Gasteiger partial charge in [-0.2, -0.15) is 0 Å². The lowest BCUT2D eigenvalue weighted by Gasteiger charge is -2.07. The topological polar surface area (TPSA) is 102 Å². The number of pyridine rings is 1. The Hall–Kier alpha value is -4.15. The summed E-state index contributed by atoms with van der Waals surface area (Å²) in [7, 11) is 0. The van der Waals surface area contributed by atoms with E-state index in [1.807, 2.05) is 13.0 Å². The van der Waals surface area contributed by atoms with Gasteiger partial charge in [0.15, 0.2) is 5.65 Å². The molecule has 0 atom stereocenters. The summed E-state index contributed by atoms with van der Waals surface area (Å²) < 4.78 is 1.65. The summed E-state index contributed by atoms with van der Waals surface area (Å²) >= 11 is 6.22. The Morgan fingerprint density at radius 1 is 1.00 bits per heavy atom. The van der Waals surface area contributed by atoms with Crippen LogP contribution in [0, 0.1) is 18.8 Å². The van der Waals surface area contributed by atoms with Crippen molar-refractivity contribution in [3.8, 4) is 11.8 Å². The van der Waals surface area contributed by atoms with Crippen molar-refractivity contribution in [1.82, 2.24) is 14.6 Å². The van der Waals surface area contributed by atoms with Crippen LogP contribution in [0.3, 0.4) is 0 Å². The number of hydrogen-bond donors (Lipinski definition) is 2. The number of aryl methyl sites for hydroxylation is 1. The summed E-state index contributed by atoms with van der Waals surface area (Å²) in [6, 6.07) is 16.9. The van der Waals surface area contributed by atoms with Gasteiger partial charge in [0.2, 0.25) is 11.7 Å². The maximum atomic E-state index is 12.7. The lowest BCUT2D eigenvalue weighted by atomic mass is 10.0. The number of fused-ring (bicyclic) bond motifs is 1. The van der Waals surface area contributed by atoms with Gasteiger partial charge in [0.05, 0.1) is 0 Å². The molecule has 3 N–H and O–H groups in total. The zero-order chi connectivity index (χ0) is 22.0. The maximum absolute atomic E-state index is 12.7. The molecule has 0 aliphatic heterocycles. The van der Waals surface area contributed by atoms with Gasteiger partial charge >= 0.3 is 0 Å². The molecule has 31 heavy (non-hydrogen) atoms. The first-order valence-electron chi connectivity index (χ1n) is 9.26. The number of nitrogens with one attached hydrogen (secondary N) is 1. The fraction of sp³-hybridized carbons (Fsp3) is 0.0435. The molecule has 8 heteroatoms. The van der Waals surface area contributed by atoms with Crippen LogP contribution in [0.5, 0.6) is 0 Å². The predicted molar refractivity (Wildman–Crippen MR) is 118 cm³/mol.